The lowest BCUT2D eigenvalue weighted by atomic mass is 10.1. The van der Waals surface area contributed by atoms with E-state index in [0.717, 1.165) is 11.5 Å². The predicted octanol–water partition coefficient (Wildman–Crippen LogP) is 5.30. The number of carboxylic acid groups (broad SMARTS) is 1. The van der Waals surface area contributed by atoms with Crippen molar-refractivity contribution in [2.75, 3.05) is 5.32 Å². The van der Waals surface area contributed by atoms with E-state index in [9.17, 15) is 14.9 Å². The van der Waals surface area contributed by atoms with Gasteiger partial charge in [-0.05, 0) is 49.2 Å². The molecule has 1 atom stereocenters. The molecule has 188 valence electrons. The number of hydrogen-bond acceptors (Lipinski definition) is 10. The topological polar surface area (TPSA) is 164 Å². The second kappa shape index (κ2) is 11.6. The second-order valence-corrected chi connectivity index (χ2v) is 8.81. The van der Waals surface area contributed by atoms with Crippen molar-refractivity contribution >= 4 is 52.3 Å². The normalized spacial score (nSPS) is 11.4. The number of halogens is 1. The van der Waals surface area contributed by atoms with Crippen LogP contribution in [-0.4, -0.2) is 31.5 Å². The molecule has 0 radical (unpaired) electrons. The Kier molecular flexibility index (Phi) is 8.03. The molecular weight excluding hydrogens is 522 g/mol. The van der Waals surface area contributed by atoms with Gasteiger partial charge in [0.2, 0.25) is 5.89 Å². The first-order valence-electron chi connectivity index (χ1n) is 11.0. The molecule has 1 unspecified atom stereocenters. The molecular formula is C24H18ClN5O6S. The maximum atomic E-state index is 12.5. The zero-order valence-electron chi connectivity index (χ0n) is 19.3. The Morgan fingerprint density at radius 1 is 1.22 bits per heavy atom. The molecule has 1 aromatic carbocycles. The van der Waals surface area contributed by atoms with Gasteiger partial charge in [0.05, 0.1) is 0 Å². The molecule has 0 fully saturated rings. The summed E-state index contributed by atoms with van der Waals surface area (Å²) in [6.07, 6.45) is 0.196. The van der Waals surface area contributed by atoms with Crippen LogP contribution in [0.1, 0.15) is 60.2 Å². The summed E-state index contributed by atoms with van der Waals surface area (Å²) >= 11 is 7.08. The van der Waals surface area contributed by atoms with Crippen LogP contribution in [0.4, 0.5) is 10.5 Å². The second-order valence-electron chi connectivity index (χ2n) is 7.63. The molecule has 0 spiro atoms. The fraction of sp³-hybridized carbons (Fsp3) is 0.250. The first-order chi connectivity index (χ1) is 17.8. The van der Waals surface area contributed by atoms with E-state index in [0.29, 0.717) is 40.6 Å². The van der Waals surface area contributed by atoms with Gasteiger partial charge >= 0.3 is 12.1 Å². The first-order valence-corrected chi connectivity index (χ1v) is 12.1. The van der Waals surface area contributed by atoms with Gasteiger partial charge < -0.3 is 18.7 Å². The molecule has 3 heterocycles. The highest BCUT2D eigenvalue weighted by Crippen LogP contribution is 2.28. The first kappa shape index (κ1) is 25.7. The number of rotatable bonds is 8. The molecule has 0 aliphatic heterocycles. The van der Waals surface area contributed by atoms with Crippen molar-refractivity contribution in [2.45, 2.75) is 38.7 Å². The molecule has 13 heteroatoms. The summed E-state index contributed by atoms with van der Waals surface area (Å²) in [7, 11) is 0. The number of carboxylic acids is 1. The number of aromatic nitrogens is 3. The third kappa shape index (κ3) is 6.44. The average molecular weight is 540 g/mol. The molecule has 0 saturated carbocycles. The van der Waals surface area contributed by atoms with Gasteiger partial charge in [-0.15, -0.1) is 0 Å². The van der Waals surface area contributed by atoms with E-state index < -0.39 is 18.2 Å². The maximum Gasteiger partial charge on any atom is 0.412 e. The number of nitrogens with zero attached hydrogens (tertiary/aromatic N) is 4. The number of nitriles is 1. The molecule has 0 aliphatic carbocycles. The van der Waals surface area contributed by atoms with E-state index in [2.05, 4.69) is 31.5 Å². The Labute approximate surface area is 219 Å². The minimum Gasteiger partial charge on any atom is -0.481 e. The number of oxazole rings is 2. The van der Waals surface area contributed by atoms with Crippen LogP contribution in [0.2, 0.25) is 5.02 Å². The Bertz CT molecular complexity index is 1530. The van der Waals surface area contributed by atoms with Crippen LogP contribution in [0.25, 0.3) is 11.4 Å². The zero-order valence-corrected chi connectivity index (χ0v) is 20.9. The van der Waals surface area contributed by atoms with Gasteiger partial charge in [-0.3, -0.25) is 10.1 Å². The van der Waals surface area contributed by atoms with Crippen LogP contribution in [0, 0.1) is 23.2 Å². The van der Waals surface area contributed by atoms with E-state index in [1.807, 2.05) is 6.07 Å². The van der Waals surface area contributed by atoms with Crippen LogP contribution in [0.5, 0.6) is 0 Å². The smallest absolute Gasteiger partial charge is 0.412 e. The molecule has 37 heavy (non-hydrogen) atoms. The van der Waals surface area contributed by atoms with Crippen LogP contribution in [-0.2, 0) is 16.0 Å². The number of aliphatic carboxylic acids is 1. The van der Waals surface area contributed by atoms with Crippen molar-refractivity contribution in [3.8, 4) is 17.9 Å². The summed E-state index contributed by atoms with van der Waals surface area (Å²) in [6, 6.07) is 8.89. The number of fused-ring (bicyclic) bond motifs is 1. The van der Waals surface area contributed by atoms with Crippen LogP contribution in [0.3, 0.4) is 0 Å². The fourth-order valence-corrected chi connectivity index (χ4v) is 4.17. The van der Waals surface area contributed by atoms with Crippen LogP contribution < -0.4 is 5.32 Å². The van der Waals surface area contributed by atoms with Crippen molar-refractivity contribution in [1.29, 1.82) is 5.26 Å². The summed E-state index contributed by atoms with van der Waals surface area (Å²) in [4.78, 5) is 31.7. The minimum atomic E-state index is -0.851. The monoisotopic (exact) mass is 539 g/mol. The molecule has 4 rings (SSSR count). The van der Waals surface area contributed by atoms with Gasteiger partial charge in [-0.25, -0.2) is 4.79 Å². The number of ether oxygens (including phenoxy) is 1. The van der Waals surface area contributed by atoms with E-state index >= 15 is 0 Å². The van der Waals surface area contributed by atoms with Crippen LogP contribution in [0.15, 0.2) is 33.1 Å². The number of hydrogen-bond donors (Lipinski definition) is 2. The lowest BCUT2D eigenvalue weighted by Gasteiger charge is -2.15. The number of carbonyl (C=O) groups excluding carboxylic acids is 1. The molecule has 4 aromatic rings. The van der Waals surface area contributed by atoms with Gasteiger partial charge in [0.1, 0.15) is 22.7 Å². The highest BCUT2D eigenvalue weighted by atomic mass is 35.5. The van der Waals surface area contributed by atoms with Gasteiger partial charge in [0, 0.05) is 23.4 Å². The van der Waals surface area contributed by atoms with Crippen molar-refractivity contribution in [2.24, 2.45) is 0 Å². The van der Waals surface area contributed by atoms with Crippen molar-refractivity contribution < 1.29 is 28.3 Å². The quantitative estimate of drug-likeness (QED) is 0.221. The van der Waals surface area contributed by atoms with E-state index in [-0.39, 0.29) is 35.1 Å². The van der Waals surface area contributed by atoms with Crippen molar-refractivity contribution in [3.05, 3.63) is 57.2 Å². The number of anilines is 1. The lowest BCUT2D eigenvalue weighted by Crippen LogP contribution is -2.17. The molecule has 0 aliphatic rings. The Balaban J connectivity index is 1.43. The number of unbranched alkanes of at least 4 members (excludes halogenated alkanes) is 1. The molecule has 3 aromatic heterocycles. The van der Waals surface area contributed by atoms with Crippen LogP contribution >= 0.6 is 23.1 Å². The highest BCUT2D eigenvalue weighted by molar-refractivity contribution is 7.07. The summed E-state index contributed by atoms with van der Waals surface area (Å²) in [5.74, 6) is 5.05. The Morgan fingerprint density at radius 3 is 2.73 bits per heavy atom. The van der Waals surface area contributed by atoms with Crippen molar-refractivity contribution in [1.82, 2.24) is 14.3 Å². The maximum absolute atomic E-state index is 12.5. The summed E-state index contributed by atoms with van der Waals surface area (Å²) < 4.78 is 20.4. The van der Waals surface area contributed by atoms with E-state index in [4.69, 9.17) is 30.3 Å². The summed E-state index contributed by atoms with van der Waals surface area (Å²) in [5.41, 5.74) is 1.04. The molecule has 0 saturated heterocycles. The zero-order chi connectivity index (χ0) is 26.4. The Morgan fingerprint density at radius 2 is 2.00 bits per heavy atom. The number of carbonyl (C=O) groups is 2. The van der Waals surface area contributed by atoms with Crippen molar-refractivity contribution in [3.63, 3.8) is 0 Å². The fourth-order valence-electron chi connectivity index (χ4n) is 3.23. The number of amides is 1. The lowest BCUT2D eigenvalue weighted by molar-refractivity contribution is -0.137. The van der Waals surface area contributed by atoms with Gasteiger partial charge in [-0.1, -0.05) is 29.8 Å². The van der Waals surface area contributed by atoms with Gasteiger partial charge in [-0.2, -0.15) is 19.6 Å². The number of aryl methyl sites for hydroxylation is 1. The molecule has 2 N–H and O–H groups in total. The number of nitrogens with one attached hydrogen (secondary N) is 1. The minimum absolute atomic E-state index is 0.0199. The Hall–Kier alpha value is -4.39. The SMILES string of the molecule is CC(OC(=O)Nc1c(C#N)nsc1C#Cc1nc2oc(CCCCC(=O)O)nc2o1)c1ccccc1Cl. The average Bonchev–Trinajstić information content (AvgIpc) is 3.53. The summed E-state index contributed by atoms with van der Waals surface area (Å²) in [6.45, 7) is 1.67. The van der Waals surface area contributed by atoms with Gasteiger partial charge in [0.25, 0.3) is 17.3 Å². The molecule has 0 bridgehead atoms. The van der Waals surface area contributed by atoms with Gasteiger partial charge in [0.15, 0.2) is 5.69 Å². The highest BCUT2D eigenvalue weighted by Gasteiger charge is 2.20. The third-order valence-corrected chi connectivity index (χ3v) is 6.09. The third-order valence-electron chi connectivity index (χ3n) is 4.99. The standard InChI is InChI=1S/C24H18ClN5O6S/c1-13(14-6-2-3-7-15(14)25)34-24(33)29-21-16(12-26)30-37-17(21)10-11-19-28-23-22(36-19)27-18(35-23)8-4-5-9-20(31)32/h2-3,6-7,13H,4-5,8-9H2,1H3,(H,29,33)(H,31,32). The molecule has 11 nitrogen and oxygen atoms in total. The molecule has 1 amide bonds. The van der Waals surface area contributed by atoms with E-state index in [1.54, 1.807) is 31.2 Å². The number of benzene rings is 1. The predicted molar refractivity (Wildman–Crippen MR) is 132 cm³/mol. The largest absolute Gasteiger partial charge is 0.481 e. The van der Waals surface area contributed by atoms with E-state index in [1.165, 1.54) is 0 Å². The summed E-state index contributed by atoms with van der Waals surface area (Å²) in [5, 5.41) is 21.1.